The second-order valence-corrected chi connectivity index (χ2v) is 10.0. The molecule has 1 aromatic carbocycles. The number of phenols is 1. The number of esters is 2. The summed E-state index contributed by atoms with van der Waals surface area (Å²) in [6.45, 7) is 1.73. The Labute approximate surface area is 224 Å². The van der Waals surface area contributed by atoms with Crippen LogP contribution in [0.25, 0.3) is 0 Å². The highest BCUT2D eigenvalue weighted by Crippen LogP contribution is 2.65. The van der Waals surface area contributed by atoms with E-state index in [4.69, 9.17) is 19.4 Å². The van der Waals surface area contributed by atoms with Crippen molar-refractivity contribution in [2.75, 3.05) is 13.6 Å². The molecule has 1 spiro atoms. The number of rotatable bonds is 5. The molecule has 4 N–H and O–H groups in total. The molecule has 1 unspecified atom stereocenters. The summed E-state index contributed by atoms with van der Waals surface area (Å²) in [6, 6.07) is 3.22. The van der Waals surface area contributed by atoms with Crippen molar-refractivity contribution in [2.24, 2.45) is 0 Å². The third-order valence-corrected chi connectivity index (χ3v) is 7.76. The highest BCUT2D eigenvalue weighted by Gasteiger charge is 2.72. The largest absolute Gasteiger partial charge is 0.504 e. The maximum atomic E-state index is 12.6. The number of aliphatic carboxylic acids is 2. The summed E-state index contributed by atoms with van der Waals surface area (Å²) in [6.07, 6.45) is -5.38. The first kappa shape index (κ1) is 29.1. The van der Waals surface area contributed by atoms with Gasteiger partial charge in [0.2, 0.25) is 6.10 Å². The minimum atomic E-state index is -5.08. The van der Waals surface area contributed by atoms with Gasteiger partial charge >= 0.3 is 30.1 Å². The molecule has 0 amide bonds. The van der Waals surface area contributed by atoms with Crippen molar-refractivity contribution in [1.29, 1.82) is 0 Å². The van der Waals surface area contributed by atoms with Crippen LogP contribution in [0.2, 0.25) is 0 Å². The number of likely N-dealkylation sites (tertiary alicyclic amines) is 1. The number of ether oxygens (including phenoxy) is 3. The number of piperidine rings is 1. The third kappa shape index (κ3) is 4.62. The first-order valence-corrected chi connectivity index (χ1v) is 12.1. The summed E-state index contributed by atoms with van der Waals surface area (Å²) < 4.78 is 48.1. The molecule has 218 valence electrons. The standard InChI is InChI=1S/C23H25NO9.C2HF3O2/c1-11(25)31-15(21(28)29)10-17(27)32-14-5-6-23(30)16-9-12-3-4-13(26)19-18(12)22(23,20(14)33-19)7-8-24(16)2;3-2(4,5)1(6)7/h3-5,15-16,20,26,30H,6-10H2,1-2H3,(H,28,29);(H,6,7)/t15?,16-,20+,22+,23-;/m1./s1. The lowest BCUT2D eigenvalue weighted by Crippen LogP contribution is -2.74. The molecule has 12 nitrogen and oxygen atoms in total. The fourth-order valence-corrected chi connectivity index (χ4v) is 6.14. The Kier molecular flexibility index (Phi) is 7.26. The average Bonchev–Trinajstić information content (AvgIpc) is 3.20. The van der Waals surface area contributed by atoms with Crippen molar-refractivity contribution in [3.05, 3.63) is 35.1 Å². The van der Waals surface area contributed by atoms with Gasteiger partial charge in [-0.15, -0.1) is 0 Å². The lowest BCUT2D eigenvalue weighted by Gasteiger charge is -2.61. The number of nitrogens with zero attached hydrogens (tertiary/aromatic N) is 1. The maximum absolute atomic E-state index is 12.6. The molecule has 1 fully saturated rings. The number of likely N-dealkylation sites (N-methyl/N-ethyl adjacent to an activating group) is 1. The zero-order valence-electron chi connectivity index (χ0n) is 21.2. The summed E-state index contributed by atoms with van der Waals surface area (Å²) in [5.41, 5.74) is -0.393. The number of aliphatic hydroxyl groups is 1. The van der Waals surface area contributed by atoms with Crippen LogP contribution in [0.4, 0.5) is 13.2 Å². The smallest absolute Gasteiger partial charge is 0.490 e. The fourth-order valence-electron chi connectivity index (χ4n) is 6.14. The Bertz CT molecular complexity index is 1300. The number of carbonyl (C=O) groups is 4. The molecule has 0 radical (unpaired) electrons. The van der Waals surface area contributed by atoms with Crippen LogP contribution < -0.4 is 4.74 Å². The molecule has 0 aromatic heterocycles. The Morgan fingerprint density at radius 2 is 1.88 bits per heavy atom. The number of carboxylic acids is 2. The molecular weight excluding hydrogens is 547 g/mol. The van der Waals surface area contributed by atoms with Crippen LogP contribution in [-0.4, -0.2) is 92.8 Å². The third-order valence-electron chi connectivity index (χ3n) is 7.76. The van der Waals surface area contributed by atoms with Crippen LogP contribution in [-0.2, 0) is 40.5 Å². The zero-order valence-corrected chi connectivity index (χ0v) is 21.2. The van der Waals surface area contributed by atoms with Gasteiger partial charge in [-0.2, -0.15) is 13.2 Å². The molecule has 15 heteroatoms. The molecular formula is C25H26F3NO11. The van der Waals surface area contributed by atoms with Gasteiger partial charge in [0.05, 0.1) is 17.4 Å². The highest BCUT2D eigenvalue weighted by atomic mass is 19.4. The van der Waals surface area contributed by atoms with Crippen molar-refractivity contribution in [3.8, 4) is 11.5 Å². The van der Waals surface area contributed by atoms with Gasteiger partial charge in [0.1, 0.15) is 5.76 Å². The van der Waals surface area contributed by atoms with E-state index in [9.17, 15) is 42.9 Å². The molecule has 0 saturated carbocycles. The first-order valence-electron chi connectivity index (χ1n) is 12.1. The second kappa shape index (κ2) is 9.96. The molecule has 2 bridgehead atoms. The Morgan fingerprint density at radius 1 is 1.23 bits per heavy atom. The average molecular weight is 573 g/mol. The molecule has 5 atom stereocenters. The van der Waals surface area contributed by atoms with Gasteiger partial charge in [-0.3, -0.25) is 9.59 Å². The quantitative estimate of drug-likeness (QED) is 0.371. The van der Waals surface area contributed by atoms with Gasteiger partial charge < -0.3 is 39.5 Å². The van der Waals surface area contributed by atoms with Gasteiger partial charge in [-0.1, -0.05) is 6.07 Å². The van der Waals surface area contributed by atoms with Crippen molar-refractivity contribution >= 4 is 23.9 Å². The minimum absolute atomic E-state index is 0.0521. The van der Waals surface area contributed by atoms with Crippen LogP contribution in [0.15, 0.2) is 24.0 Å². The molecule has 2 aliphatic carbocycles. The van der Waals surface area contributed by atoms with Crippen LogP contribution in [0, 0.1) is 0 Å². The predicted octanol–water partition coefficient (Wildman–Crippen LogP) is 1.25. The molecule has 5 rings (SSSR count). The topological polar surface area (TPSA) is 180 Å². The molecule has 2 heterocycles. The van der Waals surface area contributed by atoms with E-state index in [1.54, 1.807) is 12.1 Å². The molecule has 4 aliphatic rings. The summed E-state index contributed by atoms with van der Waals surface area (Å²) >= 11 is 0. The number of aromatic hydroxyl groups is 1. The SMILES string of the molecule is CC(=O)OC(CC(=O)OC1=CC[C@@]2(O)[C@H]3Cc4ccc(O)c5c4[C@@]2(CCN3C)[C@H]1O5)C(=O)O.O=C(O)C(F)(F)F. The van der Waals surface area contributed by atoms with Crippen molar-refractivity contribution in [3.63, 3.8) is 0 Å². The monoisotopic (exact) mass is 573 g/mol. The molecule has 2 aliphatic heterocycles. The summed E-state index contributed by atoms with van der Waals surface area (Å²) in [4.78, 5) is 46.1. The van der Waals surface area contributed by atoms with E-state index in [1.165, 1.54) is 0 Å². The van der Waals surface area contributed by atoms with Crippen LogP contribution in [0.3, 0.4) is 0 Å². The number of alkyl halides is 3. The number of carboxylic acid groups (broad SMARTS) is 2. The van der Waals surface area contributed by atoms with Gasteiger partial charge in [-0.05, 0) is 44.1 Å². The molecule has 1 aromatic rings. The van der Waals surface area contributed by atoms with E-state index in [0.29, 0.717) is 19.4 Å². The Morgan fingerprint density at radius 3 is 2.45 bits per heavy atom. The number of hydrogen-bond acceptors (Lipinski definition) is 10. The molecule has 1 saturated heterocycles. The van der Waals surface area contributed by atoms with Crippen LogP contribution in [0.1, 0.15) is 37.3 Å². The second-order valence-electron chi connectivity index (χ2n) is 10.0. The lowest BCUT2D eigenvalue weighted by molar-refractivity contribution is -0.192. The van der Waals surface area contributed by atoms with Crippen molar-refractivity contribution in [2.45, 2.75) is 68.0 Å². The van der Waals surface area contributed by atoms with E-state index < -0.39 is 59.7 Å². The number of halogens is 3. The van der Waals surface area contributed by atoms with Crippen LogP contribution >= 0.6 is 0 Å². The van der Waals surface area contributed by atoms with Gasteiger partial charge in [-0.25, -0.2) is 9.59 Å². The Balaban J connectivity index is 0.000000470. The Hall–Kier alpha value is -3.85. The van der Waals surface area contributed by atoms with Gasteiger partial charge in [0, 0.05) is 24.9 Å². The molecule has 40 heavy (non-hydrogen) atoms. The summed E-state index contributed by atoms with van der Waals surface area (Å²) in [5.74, 6) is -5.56. The number of benzene rings is 1. The maximum Gasteiger partial charge on any atom is 0.490 e. The van der Waals surface area contributed by atoms with Crippen molar-refractivity contribution < 1.29 is 67.0 Å². The van der Waals surface area contributed by atoms with E-state index >= 15 is 0 Å². The number of phenolic OH excluding ortho intramolecular Hbond substituents is 1. The van der Waals surface area contributed by atoms with Gasteiger partial charge in [0.25, 0.3) is 0 Å². The van der Waals surface area contributed by atoms with E-state index in [-0.39, 0.29) is 29.7 Å². The number of carbonyl (C=O) groups excluding carboxylic acids is 2. The first-order chi connectivity index (χ1) is 18.5. The fraction of sp³-hybridized carbons (Fsp3) is 0.520. The van der Waals surface area contributed by atoms with E-state index in [1.807, 2.05) is 13.1 Å². The van der Waals surface area contributed by atoms with Gasteiger partial charge in [0.15, 0.2) is 17.6 Å². The lowest BCUT2D eigenvalue weighted by atomic mass is 9.50. The number of hydrogen-bond donors (Lipinski definition) is 4. The van der Waals surface area contributed by atoms with E-state index in [0.717, 1.165) is 18.1 Å². The van der Waals surface area contributed by atoms with Crippen LogP contribution in [0.5, 0.6) is 11.5 Å². The minimum Gasteiger partial charge on any atom is -0.504 e. The summed E-state index contributed by atoms with van der Waals surface area (Å²) in [7, 11) is 1.97. The normalized spacial score (nSPS) is 28.5. The highest BCUT2D eigenvalue weighted by molar-refractivity contribution is 5.83. The zero-order chi connectivity index (χ0) is 29.8. The summed E-state index contributed by atoms with van der Waals surface area (Å²) in [5, 5.41) is 38.9. The predicted molar refractivity (Wildman–Crippen MR) is 124 cm³/mol. The van der Waals surface area contributed by atoms with Crippen molar-refractivity contribution in [1.82, 2.24) is 4.90 Å². The van der Waals surface area contributed by atoms with E-state index in [2.05, 4.69) is 9.64 Å².